The number of hydrogen-bond acceptors (Lipinski definition) is 10. The summed E-state index contributed by atoms with van der Waals surface area (Å²) in [6.45, 7) is -1.91. The monoisotopic (exact) mass is 1160 g/mol. The van der Waals surface area contributed by atoms with Crippen LogP contribution in [0.1, 0.15) is 6.42 Å². The highest BCUT2D eigenvalue weighted by Crippen LogP contribution is 2.69. The molecule has 0 aliphatic carbocycles. The van der Waals surface area contributed by atoms with E-state index in [9.17, 15) is 127 Å². The smallest absolute Gasteiger partial charge is 0.394 e. The predicted octanol–water partition coefficient (Wildman–Crippen LogP) is 9.34. The molecule has 0 saturated heterocycles. The van der Waals surface area contributed by atoms with Gasteiger partial charge in [0.2, 0.25) is 0 Å². The number of aliphatic hydroxyl groups is 1. The third kappa shape index (κ3) is 15.0. The Labute approximate surface area is 390 Å². The van der Waals surface area contributed by atoms with Crippen LogP contribution in [0, 0.1) is 0 Å². The summed E-state index contributed by atoms with van der Waals surface area (Å²) >= 11 is 0. The van der Waals surface area contributed by atoms with E-state index in [1.807, 2.05) is 0 Å². The molecule has 0 aromatic rings. The van der Waals surface area contributed by atoms with E-state index < -0.39 is 109 Å². The van der Waals surface area contributed by atoms with Gasteiger partial charge in [0.15, 0.2) is 0 Å². The molecule has 440 valence electrons. The molecule has 0 unspecified atom stereocenters. The zero-order valence-corrected chi connectivity index (χ0v) is 36.2. The Bertz CT molecular complexity index is 1580. The van der Waals surface area contributed by atoms with Crippen LogP contribution in [0.5, 0.6) is 0 Å². The Morgan fingerprint density at radius 2 is 0.342 bits per heavy atom. The first kappa shape index (κ1) is 70.6. The van der Waals surface area contributed by atoms with Gasteiger partial charge >= 0.3 is 83.2 Å². The van der Waals surface area contributed by atoms with Crippen molar-refractivity contribution in [3.05, 3.63) is 0 Å². The third-order valence-corrected chi connectivity index (χ3v) is 8.93. The number of halogens is 29. The van der Waals surface area contributed by atoms with Crippen LogP contribution < -0.4 is 0 Å². The summed E-state index contributed by atoms with van der Waals surface area (Å²) in [6, 6.07) is 0. The molecule has 0 spiro atoms. The topological polar surface area (TPSA) is 103 Å². The van der Waals surface area contributed by atoms with E-state index >= 15 is 0 Å². The van der Waals surface area contributed by atoms with Gasteiger partial charge in [0, 0.05) is 6.42 Å². The van der Waals surface area contributed by atoms with Crippen molar-refractivity contribution < 1.29 is 175 Å². The van der Waals surface area contributed by atoms with E-state index in [1.165, 1.54) is 0 Å². The van der Waals surface area contributed by atoms with Gasteiger partial charge in [0.1, 0.15) is 0 Å². The number of rotatable bonds is 41. The molecule has 73 heavy (non-hydrogen) atoms. The lowest BCUT2D eigenvalue weighted by Crippen LogP contribution is -2.79. The van der Waals surface area contributed by atoms with Crippen LogP contribution in [0.25, 0.3) is 0 Å². The highest BCUT2D eigenvalue weighted by molar-refractivity contribution is 5.21. The minimum atomic E-state index is -9.96. The molecule has 0 fully saturated rings. The first-order valence-electron chi connectivity index (χ1n) is 19.6. The van der Waals surface area contributed by atoms with Crippen molar-refractivity contribution in [2.24, 2.45) is 0 Å². The minimum absolute atomic E-state index is 0.00525. The molecule has 1 N–H and O–H groups in total. The fourth-order valence-electron chi connectivity index (χ4n) is 4.66. The summed E-state index contributed by atoms with van der Waals surface area (Å²) < 4.78 is 442. The highest BCUT2D eigenvalue weighted by Gasteiger charge is 3.00. The molecule has 39 heteroatoms. The van der Waals surface area contributed by atoms with Crippen LogP contribution in [0.3, 0.4) is 0 Å². The van der Waals surface area contributed by atoms with Crippen molar-refractivity contribution in [2.45, 2.75) is 89.6 Å². The lowest BCUT2D eigenvalue weighted by atomic mass is 9.83. The fraction of sp³-hybridized carbons (Fsp3) is 1.00. The number of alkyl halides is 29. The van der Waals surface area contributed by atoms with Crippen LogP contribution in [0.4, 0.5) is 127 Å². The van der Waals surface area contributed by atoms with Gasteiger partial charge in [-0.3, -0.25) is 0 Å². The average Bonchev–Trinajstić information content (AvgIpc) is 3.25. The molecule has 0 atom stereocenters. The summed E-state index contributed by atoms with van der Waals surface area (Å²) in [5.41, 5.74) is 0. The van der Waals surface area contributed by atoms with Crippen LogP contribution in [-0.4, -0.2) is 214 Å². The Morgan fingerprint density at radius 3 is 0.521 bits per heavy atom. The molecule has 0 heterocycles. The van der Waals surface area contributed by atoms with Crippen molar-refractivity contribution in [3.63, 3.8) is 0 Å². The maximum atomic E-state index is 14.2. The second kappa shape index (κ2) is 26.8. The van der Waals surface area contributed by atoms with E-state index in [0.29, 0.717) is 26.4 Å². The first-order chi connectivity index (χ1) is 32.8. The van der Waals surface area contributed by atoms with Crippen LogP contribution in [-0.2, 0) is 42.6 Å². The minimum Gasteiger partial charge on any atom is -0.394 e. The second-order valence-electron chi connectivity index (χ2n) is 14.1. The third-order valence-electron chi connectivity index (χ3n) is 8.93. The number of aliphatic hydroxyl groups excluding tert-OH is 1. The Hall–Kier alpha value is -2.43. The Balaban J connectivity index is 5.21. The largest absolute Gasteiger partial charge is 0.460 e. The van der Waals surface area contributed by atoms with Gasteiger partial charge in [-0.2, -0.15) is 127 Å². The van der Waals surface area contributed by atoms with Crippen molar-refractivity contribution in [1.29, 1.82) is 0 Å². The molecule has 0 aliphatic heterocycles. The normalized spacial score (nSPS) is 15.2. The number of hydrogen-bond donors (Lipinski definition) is 1. The van der Waals surface area contributed by atoms with Crippen molar-refractivity contribution in [1.82, 2.24) is 0 Å². The first-order valence-corrected chi connectivity index (χ1v) is 19.6. The van der Waals surface area contributed by atoms with Crippen LogP contribution in [0.2, 0.25) is 0 Å². The maximum absolute atomic E-state index is 14.2. The molecule has 0 aliphatic rings. The molecule has 0 rings (SSSR count). The zero-order chi connectivity index (χ0) is 57.5. The van der Waals surface area contributed by atoms with Crippen LogP contribution in [0.15, 0.2) is 0 Å². The fourth-order valence-corrected chi connectivity index (χ4v) is 4.66. The van der Waals surface area contributed by atoms with E-state index in [2.05, 4.69) is 4.74 Å². The van der Waals surface area contributed by atoms with Gasteiger partial charge in [-0.05, 0) is 0 Å². The highest BCUT2D eigenvalue weighted by atomic mass is 19.4. The van der Waals surface area contributed by atoms with E-state index in [-0.39, 0.29) is 79.3 Å². The molecule has 0 saturated carbocycles. The lowest BCUT2D eigenvalue weighted by molar-refractivity contribution is -0.487. The van der Waals surface area contributed by atoms with E-state index in [4.69, 9.17) is 43.0 Å². The van der Waals surface area contributed by atoms with Crippen molar-refractivity contribution in [3.8, 4) is 0 Å². The van der Waals surface area contributed by atoms with Gasteiger partial charge in [-0.15, -0.1) is 0 Å². The SMILES string of the molecule is OCCOCCOCCOCCOCCOCCOCCOCCOCCOCCC(F)(F)C(F)(F)C(F)(F)C(F)(F)C(F)(F)C(F)(F)C(F)(F)C(F)(F)C(F)(F)C(F)(F)C(F)(F)C(F)(F)C(F)(F)C(F)(F)F. The molecule has 10 nitrogen and oxygen atoms in total. The molecule has 0 aromatic heterocycles. The van der Waals surface area contributed by atoms with Gasteiger partial charge in [-0.25, -0.2) is 0 Å². The number of ether oxygens (including phenoxy) is 9. The Kier molecular flexibility index (Phi) is 25.9. The molecule has 0 aromatic carbocycles. The molecular weight excluding hydrogens is 1120 g/mol. The second-order valence-corrected chi connectivity index (χ2v) is 14.1. The average molecular weight is 1160 g/mol. The summed E-state index contributed by atoms with van der Waals surface area (Å²) in [7, 11) is 0. The standard InChI is InChI=1S/C34H41F29O10/c35-21(36,1-3-65-5-7-67-9-11-69-13-15-71-17-19-73-20-18-72-16-14-70-12-10-68-8-6-66-4-2-64)22(37,38)23(39,40)24(41,42)25(43,44)26(45,46)27(47,48)28(49,50)29(51,52)30(53,54)31(55,56)32(57,58)33(59,60)34(61,62)63/h64H,1-20H2. The summed E-state index contributed by atoms with van der Waals surface area (Å²) in [5.74, 6) is -121. The summed E-state index contributed by atoms with van der Waals surface area (Å²) in [4.78, 5) is 0. The Morgan fingerprint density at radius 1 is 0.192 bits per heavy atom. The zero-order valence-electron chi connectivity index (χ0n) is 36.2. The van der Waals surface area contributed by atoms with Gasteiger partial charge in [-0.1, -0.05) is 0 Å². The van der Waals surface area contributed by atoms with E-state index in [0.717, 1.165) is 0 Å². The van der Waals surface area contributed by atoms with Gasteiger partial charge in [0.05, 0.1) is 126 Å². The lowest BCUT2D eigenvalue weighted by Gasteiger charge is -2.46. The molecule has 0 bridgehead atoms. The predicted molar refractivity (Wildman–Crippen MR) is 179 cm³/mol. The molecule has 0 radical (unpaired) electrons. The summed E-state index contributed by atoms with van der Waals surface area (Å²) in [5, 5.41) is 8.54. The maximum Gasteiger partial charge on any atom is 0.460 e. The van der Waals surface area contributed by atoms with Crippen LogP contribution >= 0.6 is 0 Å². The summed E-state index contributed by atoms with van der Waals surface area (Å²) in [6.07, 6.45) is -11.4. The molecular formula is C34H41F29O10. The van der Waals surface area contributed by atoms with Gasteiger partial charge < -0.3 is 47.7 Å². The molecule has 0 amide bonds. The van der Waals surface area contributed by atoms with Gasteiger partial charge in [0.25, 0.3) is 0 Å². The van der Waals surface area contributed by atoms with E-state index in [1.54, 1.807) is 0 Å². The van der Waals surface area contributed by atoms with Crippen molar-refractivity contribution in [2.75, 3.05) is 126 Å². The quantitative estimate of drug-likeness (QED) is 0.0471. The van der Waals surface area contributed by atoms with Crippen molar-refractivity contribution >= 4 is 0 Å².